The third-order valence-electron chi connectivity index (χ3n) is 2.16. The minimum Gasteiger partial charge on any atom is -0.387 e. The van der Waals surface area contributed by atoms with E-state index in [1.165, 1.54) is 6.07 Å². The highest BCUT2D eigenvalue weighted by molar-refractivity contribution is 9.10. The first-order valence-electron chi connectivity index (χ1n) is 4.44. The Morgan fingerprint density at radius 3 is 2.71 bits per heavy atom. The zero-order valence-corrected chi connectivity index (χ0v) is 9.46. The number of hydrogen-bond acceptors (Lipinski definition) is 2. The van der Waals surface area contributed by atoms with Gasteiger partial charge in [-0.15, -0.1) is 0 Å². The van der Waals surface area contributed by atoms with Crippen molar-refractivity contribution in [3.63, 3.8) is 0 Å². The van der Waals surface area contributed by atoms with Gasteiger partial charge in [0.05, 0.1) is 6.10 Å². The molecule has 0 heterocycles. The Balaban J connectivity index is 2.95. The molecule has 0 aliphatic rings. The van der Waals surface area contributed by atoms with Gasteiger partial charge in [-0.3, -0.25) is 0 Å². The quantitative estimate of drug-likeness (QED) is 0.878. The molecule has 2 nitrogen and oxygen atoms in total. The fourth-order valence-corrected chi connectivity index (χ4v) is 1.53. The van der Waals surface area contributed by atoms with E-state index in [-0.39, 0.29) is 5.56 Å². The average Bonchev–Trinajstić information content (AvgIpc) is 2.15. The van der Waals surface area contributed by atoms with Crippen LogP contribution >= 0.6 is 15.9 Å². The molecule has 0 radical (unpaired) electrons. The van der Waals surface area contributed by atoms with E-state index < -0.39 is 18.0 Å². The summed E-state index contributed by atoms with van der Waals surface area (Å²) >= 11 is 3.15. The monoisotopic (exact) mass is 261 g/mol. The van der Waals surface area contributed by atoms with Gasteiger partial charge in [0.1, 0.15) is 5.82 Å². The maximum absolute atomic E-state index is 13.4. The van der Waals surface area contributed by atoms with E-state index in [1.54, 1.807) is 12.1 Å². The topological polar surface area (TPSA) is 46.2 Å². The lowest BCUT2D eigenvalue weighted by Crippen LogP contribution is -2.27. The summed E-state index contributed by atoms with van der Waals surface area (Å²) in [6, 6.07) is 4.12. The molecule has 0 saturated heterocycles. The van der Waals surface area contributed by atoms with Gasteiger partial charge >= 0.3 is 0 Å². The Hall–Kier alpha value is -0.450. The molecule has 3 N–H and O–H groups in total. The van der Waals surface area contributed by atoms with E-state index in [0.717, 1.165) is 0 Å². The number of halogens is 2. The summed E-state index contributed by atoms with van der Waals surface area (Å²) in [4.78, 5) is 0. The molecule has 0 fully saturated rings. The lowest BCUT2D eigenvalue weighted by Gasteiger charge is -2.18. The van der Waals surface area contributed by atoms with Crippen LogP contribution in [0.3, 0.4) is 0 Å². The van der Waals surface area contributed by atoms with Crippen LogP contribution in [0.15, 0.2) is 22.7 Å². The predicted octanol–water partition coefficient (Wildman–Crippen LogP) is 2.36. The Morgan fingerprint density at radius 2 is 2.21 bits per heavy atom. The van der Waals surface area contributed by atoms with Gasteiger partial charge < -0.3 is 10.8 Å². The molecule has 1 aromatic carbocycles. The fraction of sp³-hybridized carbons (Fsp3) is 0.400. The summed E-state index contributed by atoms with van der Waals surface area (Å²) in [6.45, 7) is 1.85. The van der Waals surface area contributed by atoms with Crippen molar-refractivity contribution in [2.75, 3.05) is 0 Å². The van der Waals surface area contributed by atoms with Gasteiger partial charge in [0.2, 0.25) is 0 Å². The molecule has 0 bridgehead atoms. The van der Waals surface area contributed by atoms with Gasteiger partial charge in [0, 0.05) is 16.1 Å². The smallest absolute Gasteiger partial charge is 0.130 e. The second kappa shape index (κ2) is 4.87. The second-order valence-corrected chi connectivity index (χ2v) is 4.10. The molecule has 0 spiro atoms. The average molecular weight is 262 g/mol. The van der Waals surface area contributed by atoms with E-state index in [0.29, 0.717) is 10.9 Å². The van der Waals surface area contributed by atoms with E-state index >= 15 is 0 Å². The summed E-state index contributed by atoms with van der Waals surface area (Å²) < 4.78 is 14.0. The van der Waals surface area contributed by atoms with Crippen molar-refractivity contribution >= 4 is 15.9 Å². The van der Waals surface area contributed by atoms with E-state index in [4.69, 9.17) is 5.73 Å². The first-order chi connectivity index (χ1) is 6.56. The maximum atomic E-state index is 13.4. The van der Waals surface area contributed by atoms with Gasteiger partial charge in [-0.1, -0.05) is 28.9 Å². The van der Waals surface area contributed by atoms with Gasteiger partial charge in [-0.2, -0.15) is 0 Å². The maximum Gasteiger partial charge on any atom is 0.130 e. The van der Waals surface area contributed by atoms with E-state index in [1.807, 2.05) is 6.92 Å². The van der Waals surface area contributed by atoms with Crippen molar-refractivity contribution in [1.82, 2.24) is 0 Å². The molecule has 1 rings (SSSR count). The van der Waals surface area contributed by atoms with Gasteiger partial charge in [0.25, 0.3) is 0 Å². The number of rotatable bonds is 3. The normalized spacial score (nSPS) is 15.2. The Labute approximate surface area is 91.1 Å². The van der Waals surface area contributed by atoms with Crippen LogP contribution in [0.4, 0.5) is 4.39 Å². The molecule has 2 atom stereocenters. The minimum absolute atomic E-state index is 0.252. The van der Waals surface area contributed by atoms with Gasteiger partial charge in [-0.25, -0.2) is 4.39 Å². The Morgan fingerprint density at radius 1 is 1.57 bits per heavy atom. The summed E-state index contributed by atoms with van der Waals surface area (Å²) in [5, 5.41) is 9.68. The van der Waals surface area contributed by atoms with Crippen LogP contribution in [-0.4, -0.2) is 11.1 Å². The lowest BCUT2D eigenvalue weighted by atomic mass is 10.0. The van der Waals surface area contributed by atoms with Crippen LogP contribution in [0.2, 0.25) is 0 Å². The molecule has 2 unspecified atom stereocenters. The predicted molar refractivity (Wildman–Crippen MR) is 57.3 cm³/mol. The zero-order chi connectivity index (χ0) is 10.7. The molecule has 0 aliphatic heterocycles. The van der Waals surface area contributed by atoms with E-state index in [9.17, 15) is 9.50 Å². The van der Waals surface area contributed by atoms with Crippen molar-refractivity contribution in [3.05, 3.63) is 34.1 Å². The third kappa shape index (κ3) is 2.53. The van der Waals surface area contributed by atoms with Gasteiger partial charge in [-0.05, 0) is 18.6 Å². The van der Waals surface area contributed by atoms with E-state index in [2.05, 4.69) is 15.9 Å². The molecule has 4 heteroatoms. The highest BCUT2D eigenvalue weighted by Gasteiger charge is 2.18. The van der Waals surface area contributed by atoms with Crippen LogP contribution in [0.25, 0.3) is 0 Å². The van der Waals surface area contributed by atoms with Crippen molar-refractivity contribution in [2.45, 2.75) is 25.5 Å². The van der Waals surface area contributed by atoms with Crippen LogP contribution in [0, 0.1) is 5.82 Å². The fourth-order valence-electron chi connectivity index (χ4n) is 1.20. The molecule has 0 amide bonds. The molecular weight excluding hydrogens is 249 g/mol. The molecule has 0 saturated carbocycles. The minimum atomic E-state index is -0.937. The highest BCUT2D eigenvalue weighted by atomic mass is 79.9. The number of benzene rings is 1. The largest absolute Gasteiger partial charge is 0.387 e. The third-order valence-corrected chi connectivity index (χ3v) is 2.65. The number of aliphatic hydroxyl groups is 1. The molecule has 14 heavy (non-hydrogen) atoms. The van der Waals surface area contributed by atoms with Crippen LogP contribution in [-0.2, 0) is 0 Å². The summed E-state index contributed by atoms with van der Waals surface area (Å²) in [5.41, 5.74) is 5.88. The van der Waals surface area contributed by atoms with Crippen LogP contribution < -0.4 is 5.73 Å². The SMILES string of the molecule is CCC(N)C(O)c1ccc(Br)cc1F. The van der Waals surface area contributed by atoms with Crippen molar-refractivity contribution in [1.29, 1.82) is 0 Å². The second-order valence-electron chi connectivity index (χ2n) is 3.18. The molecule has 0 aromatic heterocycles. The van der Waals surface area contributed by atoms with Crippen LogP contribution in [0.1, 0.15) is 25.0 Å². The molecule has 0 aliphatic carbocycles. The molecule has 1 aromatic rings. The number of aliphatic hydroxyl groups excluding tert-OH is 1. The van der Waals surface area contributed by atoms with Crippen molar-refractivity contribution in [2.24, 2.45) is 5.73 Å². The Bertz CT molecular complexity index is 319. The summed E-state index contributed by atoms with van der Waals surface area (Å²) in [6.07, 6.45) is -0.329. The van der Waals surface area contributed by atoms with Crippen molar-refractivity contribution < 1.29 is 9.50 Å². The number of hydrogen-bond donors (Lipinski definition) is 2. The lowest BCUT2D eigenvalue weighted by molar-refractivity contribution is 0.140. The zero-order valence-electron chi connectivity index (χ0n) is 7.87. The first-order valence-corrected chi connectivity index (χ1v) is 5.24. The highest BCUT2D eigenvalue weighted by Crippen LogP contribution is 2.23. The standard InChI is InChI=1S/C10H13BrFNO/c1-2-9(13)10(14)7-4-3-6(11)5-8(7)12/h3-5,9-10,14H,2,13H2,1H3. The van der Waals surface area contributed by atoms with Gasteiger partial charge in [0.15, 0.2) is 0 Å². The summed E-state index contributed by atoms with van der Waals surface area (Å²) in [5.74, 6) is -0.434. The Kier molecular flexibility index (Phi) is 4.04. The molecular formula is C10H13BrFNO. The summed E-state index contributed by atoms with van der Waals surface area (Å²) in [7, 11) is 0. The molecule has 78 valence electrons. The van der Waals surface area contributed by atoms with Crippen molar-refractivity contribution in [3.8, 4) is 0 Å². The number of nitrogens with two attached hydrogens (primary N) is 1. The first kappa shape index (κ1) is 11.6. The van der Waals surface area contributed by atoms with Crippen LogP contribution in [0.5, 0.6) is 0 Å².